The van der Waals surface area contributed by atoms with Crippen LogP contribution in [0.3, 0.4) is 0 Å². The number of carbonyl (C=O) groups excluding carboxylic acids is 2. The van der Waals surface area contributed by atoms with E-state index in [0.717, 1.165) is 0 Å². The van der Waals surface area contributed by atoms with Gasteiger partial charge < -0.3 is 14.6 Å². The smallest absolute Gasteiger partial charge is 0.543 e. The van der Waals surface area contributed by atoms with Gasteiger partial charge in [0.25, 0.3) is 0 Å². The molecule has 0 radical (unpaired) electrons. The molecular formula is C7H6NNaO4S. The number of ether oxygens (including phenoxy) is 1. The van der Waals surface area contributed by atoms with Crippen LogP contribution in [-0.4, -0.2) is 29.3 Å². The van der Waals surface area contributed by atoms with Gasteiger partial charge in [0.15, 0.2) is 5.09 Å². The Hall–Kier alpha value is -0.170. The van der Waals surface area contributed by atoms with Crippen LogP contribution < -0.4 is 34.7 Å². The Kier molecular flexibility index (Phi) is 3.52. The molecule has 1 atom stereocenters. The maximum atomic E-state index is 11.0. The summed E-state index contributed by atoms with van der Waals surface area (Å²) < 4.78 is 4.84. The fourth-order valence-corrected chi connectivity index (χ4v) is 2.55. The predicted molar refractivity (Wildman–Crippen MR) is 41.9 cm³/mol. The summed E-state index contributed by atoms with van der Waals surface area (Å²) >= 11 is 1.24. The van der Waals surface area contributed by atoms with E-state index in [2.05, 4.69) is 0 Å². The molecule has 0 aliphatic carbocycles. The summed E-state index contributed by atoms with van der Waals surface area (Å²) in [4.78, 5) is 22.9. The zero-order chi connectivity index (χ0) is 9.59. The number of fused-ring (bicyclic) bond motifs is 1. The standard InChI is InChI=1S/C7H7NO4S.Na/c1-12-7-5(6(10)11)8-3(9)2-4(8)13-7;/h4H,2H2,1H3,(H,10,11);/q;+1/p-1/t4-;/m0./s1. The largest absolute Gasteiger partial charge is 1.00 e. The van der Waals surface area contributed by atoms with Crippen LogP contribution in [0, 0.1) is 0 Å². The van der Waals surface area contributed by atoms with Crippen molar-refractivity contribution in [1.29, 1.82) is 0 Å². The topological polar surface area (TPSA) is 69.7 Å². The third-order valence-corrected chi connectivity index (χ3v) is 3.19. The molecule has 0 N–H and O–H groups in total. The number of methoxy groups -OCH3 is 1. The van der Waals surface area contributed by atoms with Crippen molar-refractivity contribution in [3.8, 4) is 0 Å². The second-order valence-corrected chi connectivity index (χ2v) is 3.82. The average Bonchev–Trinajstić information content (AvgIpc) is 2.37. The number of β-lactam (4-membered cyclic amide) rings is 1. The first-order valence-electron chi connectivity index (χ1n) is 3.63. The van der Waals surface area contributed by atoms with Crippen LogP contribution in [0.15, 0.2) is 10.8 Å². The first-order chi connectivity index (χ1) is 6.15. The summed E-state index contributed by atoms with van der Waals surface area (Å²) in [5.41, 5.74) is -0.131. The van der Waals surface area contributed by atoms with E-state index < -0.39 is 5.97 Å². The number of carboxylic acid groups (broad SMARTS) is 1. The quantitative estimate of drug-likeness (QED) is 0.351. The SMILES string of the molecule is COC1=C(C(=O)[O-])N2C(=O)C[C@@H]2S1.[Na+]. The molecule has 2 heterocycles. The summed E-state index contributed by atoms with van der Waals surface area (Å²) in [6, 6.07) is 0. The van der Waals surface area contributed by atoms with Gasteiger partial charge in [-0.25, -0.2) is 0 Å². The maximum absolute atomic E-state index is 11.0. The zero-order valence-electron chi connectivity index (χ0n) is 7.77. The molecule has 1 amide bonds. The first-order valence-corrected chi connectivity index (χ1v) is 4.51. The van der Waals surface area contributed by atoms with E-state index in [1.165, 1.54) is 23.8 Å². The molecule has 0 spiro atoms. The van der Waals surface area contributed by atoms with E-state index >= 15 is 0 Å². The van der Waals surface area contributed by atoms with E-state index in [1.807, 2.05) is 0 Å². The van der Waals surface area contributed by atoms with Crippen molar-refractivity contribution in [1.82, 2.24) is 4.90 Å². The Balaban J connectivity index is 0.000000980. The Labute approximate surface area is 107 Å². The minimum Gasteiger partial charge on any atom is -0.543 e. The van der Waals surface area contributed by atoms with Crippen molar-refractivity contribution < 1.29 is 49.0 Å². The molecule has 0 bridgehead atoms. The number of hydrogen-bond donors (Lipinski definition) is 0. The third-order valence-electron chi connectivity index (χ3n) is 1.96. The molecule has 1 saturated heterocycles. The van der Waals surface area contributed by atoms with Gasteiger partial charge in [0, 0.05) is 0 Å². The van der Waals surface area contributed by atoms with Crippen molar-refractivity contribution in [2.24, 2.45) is 0 Å². The Morgan fingerprint density at radius 1 is 1.71 bits per heavy atom. The zero-order valence-corrected chi connectivity index (χ0v) is 10.6. The van der Waals surface area contributed by atoms with Gasteiger partial charge in [-0.3, -0.25) is 9.69 Å². The van der Waals surface area contributed by atoms with Crippen LogP contribution in [0.1, 0.15) is 6.42 Å². The van der Waals surface area contributed by atoms with Gasteiger partial charge in [0.05, 0.1) is 24.9 Å². The van der Waals surface area contributed by atoms with Gasteiger partial charge in [-0.2, -0.15) is 0 Å². The number of thioether (sulfide) groups is 1. The fraction of sp³-hybridized carbons (Fsp3) is 0.429. The number of hydrogen-bond acceptors (Lipinski definition) is 5. The molecule has 1 fully saturated rings. The average molecular weight is 223 g/mol. The number of rotatable bonds is 2. The van der Waals surface area contributed by atoms with Crippen LogP contribution in [0.25, 0.3) is 0 Å². The minimum atomic E-state index is -1.36. The molecule has 2 aliphatic rings. The second kappa shape index (κ2) is 4.14. The Bertz CT molecular complexity index is 330. The summed E-state index contributed by atoms with van der Waals surface area (Å²) in [6.45, 7) is 0. The van der Waals surface area contributed by atoms with Gasteiger partial charge >= 0.3 is 29.6 Å². The number of aliphatic carboxylic acids is 1. The van der Waals surface area contributed by atoms with Crippen molar-refractivity contribution in [3.05, 3.63) is 10.8 Å². The Morgan fingerprint density at radius 2 is 2.36 bits per heavy atom. The number of carboxylic acids is 1. The van der Waals surface area contributed by atoms with Crippen molar-refractivity contribution >= 4 is 23.6 Å². The predicted octanol–water partition coefficient (Wildman–Crippen LogP) is -4.14. The van der Waals surface area contributed by atoms with Crippen LogP contribution >= 0.6 is 11.8 Å². The number of nitrogens with zero attached hydrogens (tertiary/aromatic N) is 1. The summed E-state index contributed by atoms with van der Waals surface area (Å²) in [5, 5.41) is 10.8. The Morgan fingerprint density at radius 3 is 2.79 bits per heavy atom. The first kappa shape index (κ1) is 11.9. The third kappa shape index (κ3) is 1.56. The molecule has 0 saturated carbocycles. The molecule has 14 heavy (non-hydrogen) atoms. The number of amides is 1. The van der Waals surface area contributed by atoms with Gasteiger partial charge in [-0.1, -0.05) is 11.8 Å². The van der Waals surface area contributed by atoms with Crippen LogP contribution in [0.2, 0.25) is 0 Å². The van der Waals surface area contributed by atoms with Gasteiger partial charge in [-0.15, -0.1) is 0 Å². The van der Waals surface area contributed by atoms with Crippen LogP contribution in [-0.2, 0) is 14.3 Å². The minimum absolute atomic E-state index is 0. The molecular weight excluding hydrogens is 217 g/mol. The molecule has 70 valence electrons. The van der Waals surface area contributed by atoms with E-state index in [0.29, 0.717) is 6.42 Å². The van der Waals surface area contributed by atoms with Gasteiger partial charge in [0.2, 0.25) is 5.91 Å². The van der Waals surface area contributed by atoms with E-state index in [4.69, 9.17) is 4.74 Å². The van der Waals surface area contributed by atoms with E-state index in [1.54, 1.807) is 0 Å². The molecule has 5 nitrogen and oxygen atoms in total. The van der Waals surface area contributed by atoms with E-state index in [9.17, 15) is 14.7 Å². The number of carbonyl (C=O) groups is 2. The van der Waals surface area contributed by atoms with E-state index in [-0.39, 0.29) is 51.6 Å². The van der Waals surface area contributed by atoms with Gasteiger partial charge in [0.1, 0.15) is 5.70 Å². The molecule has 0 aromatic carbocycles. The van der Waals surface area contributed by atoms with Crippen LogP contribution in [0.4, 0.5) is 0 Å². The maximum Gasteiger partial charge on any atom is 1.00 e. The molecule has 0 aromatic rings. The molecule has 7 heteroatoms. The summed E-state index contributed by atoms with van der Waals surface area (Å²) in [7, 11) is 1.38. The van der Waals surface area contributed by atoms with Crippen molar-refractivity contribution in [2.45, 2.75) is 11.8 Å². The molecule has 0 aromatic heterocycles. The molecule has 2 rings (SSSR count). The summed E-state index contributed by atoms with van der Waals surface area (Å²) in [6.07, 6.45) is 0.369. The second-order valence-electron chi connectivity index (χ2n) is 2.67. The summed E-state index contributed by atoms with van der Waals surface area (Å²) in [5.74, 6) is -1.55. The van der Waals surface area contributed by atoms with Crippen molar-refractivity contribution in [3.63, 3.8) is 0 Å². The normalized spacial score (nSPS) is 23.9. The van der Waals surface area contributed by atoms with Crippen LogP contribution in [0.5, 0.6) is 0 Å². The van der Waals surface area contributed by atoms with Crippen molar-refractivity contribution in [2.75, 3.05) is 7.11 Å². The van der Waals surface area contributed by atoms with Gasteiger partial charge in [-0.05, 0) is 0 Å². The molecule has 0 unspecified atom stereocenters. The monoisotopic (exact) mass is 223 g/mol. The fourth-order valence-electron chi connectivity index (χ4n) is 1.35. The molecule has 2 aliphatic heterocycles.